The Morgan fingerprint density at radius 2 is 1.63 bits per heavy atom. The quantitative estimate of drug-likeness (QED) is 0.708. The third-order valence-electron chi connectivity index (χ3n) is 3.18. The molecule has 0 spiro atoms. The van der Waals surface area contributed by atoms with Gasteiger partial charge in [-0.25, -0.2) is 25.9 Å². The fourth-order valence-corrected chi connectivity index (χ4v) is 5.40. The average molecular weight is 444 g/mol. The van der Waals surface area contributed by atoms with Crippen LogP contribution in [0.2, 0.25) is 0 Å². The molecule has 1 aromatic heterocycles. The SMILES string of the molecule is CN(C)S(=O)(=O)c1ccc(CNS(=O)(=O)c2ccc(OC(F)(F)F)cc2)s1. The molecule has 13 heteroatoms. The highest BCUT2D eigenvalue weighted by Gasteiger charge is 2.31. The zero-order chi connectivity index (χ0) is 20.5. The number of ether oxygens (including phenoxy) is 1. The second-order valence-electron chi connectivity index (χ2n) is 5.35. The highest BCUT2D eigenvalue weighted by Crippen LogP contribution is 2.25. The molecule has 0 aliphatic heterocycles. The minimum absolute atomic E-state index is 0.0651. The Kier molecular flexibility index (Phi) is 6.21. The number of alkyl halides is 3. The number of thiophene rings is 1. The predicted molar refractivity (Wildman–Crippen MR) is 92.3 cm³/mol. The number of nitrogens with zero attached hydrogens (tertiary/aromatic N) is 1. The van der Waals surface area contributed by atoms with E-state index in [9.17, 15) is 30.0 Å². The van der Waals surface area contributed by atoms with E-state index in [1.807, 2.05) is 0 Å². The number of rotatable bonds is 7. The Labute approximate surface area is 158 Å². The molecule has 0 radical (unpaired) electrons. The van der Waals surface area contributed by atoms with Gasteiger partial charge in [0.2, 0.25) is 10.0 Å². The zero-order valence-electron chi connectivity index (χ0n) is 14.0. The van der Waals surface area contributed by atoms with Gasteiger partial charge in [-0.2, -0.15) is 0 Å². The molecule has 1 heterocycles. The monoisotopic (exact) mass is 444 g/mol. The molecule has 1 N–H and O–H groups in total. The summed E-state index contributed by atoms with van der Waals surface area (Å²) in [5.41, 5.74) is 0. The van der Waals surface area contributed by atoms with Gasteiger partial charge < -0.3 is 4.74 Å². The van der Waals surface area contributed by atoms with Gasteiger partial charge >= 0.3 is 6.36 Å². The zero-order valence-corrected chi connectivity index (χ0v) is 16.5. The molecule has 7 nitrogen and oxygen atoms in total. The lowest BCUT2D eigenvalue weighted by molar-refractivity contribution is -0.274. The van der Waals surface area contributed by atoms with Gasteiger partial charge in [-0.1, -0.05) is 0 Å². The first kappa shape index (κ1) is 21.6. The van der Waals surface area contributed by atoms with Crippen LogP contribution in [0, 0.1) is 0 Å². The van der Waals surface area contributed by atoms with Crippen molar-refractivity contribution in [2.24, 2.45) is 0 Å². The van der Waals surface area contributed by atoms with E-state index in [0.717, 1.165) is 39.9 Å². The van der Waals surface area contributed by atoms with E-state index in [0.29, 0.717) is 4.88 Å². The third-order valence-corrected chi connectivity index (χ3v) is 7.96. The minimum Gasteiger partial charge on any atom is -0.406 e. The molecule has 0 amide bonds. The molecule has 0 unspecified atom stereocenters. The topological polar surface area (TPSA) is 92.8 Å². The van der Waals surface area contributed by atoms with Crippen molar-refractivity contribution < 1.29 is 34.7 Å². The van der Waals surface area contributed by atoms with Crippen molar-refractivity contribution in [2.45, 2.75) is 22.0 Å². The number of halogens is 3. The molecule has 0 bridgehead atoms. The van der Waals surface area contributed by atoms with E-state index < -0.39 is 32.2 Å². The second-order valence-corrected chi connectivity index (χ2v) is 10.7. The molecule has 0 atom stereocenters. The first-order chi connectivity index (χ1) is 12.3. The maximum Gasteiger partial charge on any atom is 0.573 e. The summed E-state index contributed by atoms with van der Waals surface area (Å²) in [5, 5.41) is 0. The maximum atomic E-state index is 12.2. The van der Waals surface area contributed by atoms with Crippen LogP contribution < -0.4 is 9.46 Å². The summed E-state index contributed by atoms with van der Waals surface area (Å²) in [6.45, 7) is -0.170. The summed E-state index contributed by atoms with van der Waals surface area (Å²) in [5.74, 6) is -0.543. The van der Waals surface area contributed by atoms with E-state index in [4.69, 9.17) is 0 Å². The molecule has 2 aromatic rings. The lowest BCUT2D eigenvalue weighted by Crippen LogP contribution is -2.23. The molecule has 0 aliphatic rings. The summed E-state index contributed by atoms with van der Waals surface area (Å²) < 4.78 is 91.9. The molecule has 0 saturated heterocycles. The van der Waals surface area contributed by atoms with Crippen LogP contribution in [0.15, 0.2) is 45.5 Å². The van der Waals surface area contributed by atoms with Gasteiger partial charge in [0, 0.05) is 25.5 Å². The second kappa shape index (κ2) is 7.75. The van der Waals surface area contributed by atoms with Crippen LogP contribution in [0.25, 0.3) is 0 Å². The van der Waals surface area contributed by atoms with Crippen LogP contribution in [-0.4, -0.2) is 41.6 Å². The molecule has 1 aromatic carbocycles. The van der Waals surface area contributed by atoms with Crippen molar-refractivity contribution in [2.75, 3.05) is 14.1 Å². The van der Waals surface area contributed by atoms with Crippen LogP contribution in [0.1, 0.15) is 4.88 Å². The van der Waals surface area contributed by atoms with Crippen LogP contribution in [0.4, 0.5) is 13.2 Å². The maximum absolute atomic E-state index is 12.2. The van der Waals surface area contributed by atoms with Gasteiger partial charge in [-0.05, 0) is 36.4 Å². The molecule has 0 fully saturated rings. The third kappa shape index (κ3) is 5.65. The van der Waals surface area contributed by atoms with E-state index in [1.165, 1.54) is 26.2 Å². The summed E-state index contributed by atoms with van der Waals surface area (Å²) in [6.07, 6.45) is -4.87. The molecule has 2 rings (SSSR count). The number of hydrogen-bond acceptors (Lipinski definition) is 6. The number of nitrogens with one attached hydrogen (secondary N) is 1. The van der Waals surface area contributed by atoms with E-state index in [-0.39, 0.29) is 15.6 Å². The van der Waals surface area contributed by atoms with Crippen molar-refractivity contribution in [1.82, 2.24) is 9.03 Å². The standard InChI is InChI=1S/C14H15F3N2O5S3/c1-19(2)27(22,23)13-8-5-11(25-13)9-18-26(20,21)12-6-3-10(4-7-12)24-14(15,16)17/h3-8,18H,9H2,1-2H3. The van der Waals surface area contributed by atoms with Crippen molar-refractivity contribution in [3.8, 4) is 5.75 Å². The Bertz CT molecular complexity index is 997. The molecule has 0 aliphatic carbocycles. The Balaban J connectivity index is 2.08. The first-order valence-electron chi connectivity index (χ1n) is 7.18. The van der Waals surface area contributed by atoms with Gasteiger partial charge in [0.1, 0.15) is 9.96 Å². The predicted octanol–water partition coefficient (Wildman–Crippen LogP) is 2.38. The van der Waals surface area contributed by atoms with Gasteiger partial charge in [-0.3, -0.25) is 0 Å². The molecule has 27 heavy (non-hydrogen) atoms. The minimum atomic E-state index is -4.87. The summed E-state index contributed by atoms with van der Waals surface area (Å²) in [4.78, 5) is 0.200. The highest BCUT2D eigenvalue weighted by molar-refractivity contribution is 7.91. The molecular weight excluding hydrogens is 429 g/mol. The lowest BCUT2D eigenvalue weighted by atomic mass is 10.3. The smallest absolute Gasteiger partial charge is 0.406 e. The lowest BCUT2D eigenvalue weighted by Gasteiger charge is -2.10. The van der Waals surface area contributed by atoms with Crippen molar-refractivity contribution >= 4 is 31.4 Å². The Morgan fingerprint density at radius 1 is 1.04 bits per heavy atom. The van der Waals surface area contributed by atoms with E-state index in [2.05, 4.69) is 9.46 Å². The van der Waals surface area contributed by atoms with E-state index in [1.54, 1.807) is 0 Å². The van der Waals surface area contributed by atoms with Gasteiger partial charge in [0.05, 0.1) is 4.90 Å². The van der Waals surface area contributed by atoms with Crippen molar-refractivity contribution in [1.29, 1.82) is 0 Å². The number of sulfonamides is 2. The van der Waals surface area contributed by atoms with Gasteiger partial charge in [-0.15, -0.1) is 24.5 Å². The van der Waals surface area contributed by atoms with Gasteiger partial charge in [0.25, 0.3) is 10.0 Å². The fraction of sp³-hybridized carbons (Fsp3) is 0.286. The van der Waals surface area contributed by atoms with Crippen molar-refractivity contribution in [3.05, 3.63) is 41.3 Å². The molecular formula is C14H15F3N2O5S3. The van der Waals surface area contributed by atoms with Crippen LogP contribution in [0.5, 0.6) is 5.75 Å². The number of hydrogen-bond donors (Lipinski definition) is 1. The van der Waals surface area contributed by atoms with Crippen LogP contribution in [0.3, 0.4) is 0 Å². The summed E-state index contributed by atoms with van der Waals surface area (Å²) in [7, 11) is -4.86. The van der Waals surface area contributed by atoms with Crippen LogP contribution in [-0.2, 0) is 26.6 Å². The van der Waals surface area contributed by atoms with Crippen LogP contribution >= 0.6 is 11.3 Å². The Morgan fingerprint density at radius 3 is 2.15 bits per heavy atom. The molecule has 0 saturated carbocycles. The normalized spacial score (nSPS) is 13.1. The first-order valence-corrected chi connectivity index (χ1v) is 10.9. The summed E-state index contributed by atoms with van der Waals surface area (Å²) >= 11 is 0.911. The Hall–Kier alpha value is -1.67. The largest absolute Gasteiger partial charge is 0.573 e. The highest BCUT2D eigenvalue weighted by atomic mass is 32.2. The van der Waals surface area contributed by atoms with Crippen molar-refractivity contribution in [3.63, 3.8) is 0 Å². The fourth-order valence-electron chi connectivity index (χ4n) is 1.84. The van der Waals surface area contributed by atoms with E-state index >= 15 is 0 Å². The molecule has 150 valence electrons. The van der Waals surface area contributed by atoms with Gasteiger partial charge in [0.15, 0.2) is 0 Å². The average Bonchev–Trinajstić information content (AvgIpc) is 3.01. The summed E-state index contributed by atoms with van der Waals surface area (Å²) in [6, 6.07) is 6.56. The number of benzene rings is 1.